The van der Waals surface area contributed by atoms with Crippen LogP contribution in [0.25, 0.3) is 0 Å². The van der Waals surface area contributed by atoms with E-state index in [1.807, 2.05) is 9.80 Å². The highest BCUT2D eigenvalue weighted by molar-refractivity contribution is 5.84. The number of rotatable bonds is 3. The molecule has 2 fully saturated rings. The number of piperidine rings is 2. The molecular formula is C18H28N2O2. The molecule has 2 aliphatic heterocycles. The van der Waals surface area contributed by atoms with E-state index in [0.717, 1.165) is 45.4 Å². The highest BCUT2D eigenvalue weighted by atomic mass is 16.2. The van der Waals surface area contributed by atoms with Crippen LogP contribution in [0.15, 0.2) is 11.6 Å². The van der Waals surface area contributed by atoms with Crippen LogP contribution in [0.1, 0.15) is 57.8 Å². The summed E-state index contributed by atoms with van der Waals surface area (Å²) in [7, 11) is 0. The van der Waals surface area contributed by atoms with E-state index in [1.54, 1.807) is 0 Å². The van der Waals surface area contributed by atoms with Crippen molar-refractivity contribution >= 4 is 11.8 Å². The lowest BCUT2D eigenvalue weighted by molar-refractivity contribution is -0.137. The van der Waals surface area contributed by atoms with Crippen molar-refractivity contribution in [2.45, 2.75) is 57.8 Å². The van der Waals surface area contributed by atoms with E-state index >= 15 is 0 Å². The minimum absolute atomic E-state index is 0.162. The summed E-state index contributed by atoms with van der Waals surface area (Å²) in [4.78, 5) is 28.5. The number of fused-ring (bicyclic) bond motifs is 1. The van der Waals surface area contributed by atoms with E-state index in [9.17, 15) is 9.59 Å². The highest BCUT2D eigenvalue weighted by Gasteiger charge is 2.28. The number of likely N-dealkylation sites (tertiary alicyclic amines) is 2. The van der Waals surface area contributed by atoms with E-state index in [4.69, 9.17) is 0 Å². The molecule has 0 N–H and O–H groups in total. The summed E-state index contributed by atoms with van der Waals surface area (Å²) in [6.07, 6.45) is 11.4. The van der Waals surface area contributed by atoms with Crippen LogP contribution in [0.5, 0.6) is 0 Å². The number of carbonyl (C=O) groups is 2. The summed E-state index contributed by atoms with van der Waals surface area (Å²) in [6, 6.07) is 0. The van der Waals surface area contributed by atoms with Crippen LogP contribution in [-0.4, -0.2) is 47.8 Å². The summed E-state index contributed by atoms with van der Waals surface area (Å²) < 4.78 is 0. The van der Waals surface area contributed by atoms with Crippen molar-refractivity contribution in [1.82, 2.24) is 9.80 Å². The van der Waals surface area contributed by atoms with Gasteiger partial charge in [-0.25, -0.2) is 0 Å². The number of amides is 2. The van der Waals surface area contributed by atoms with Crippen molar-refractivity contribution in [3.05, 3.63) is 11.6 Å². The topological polar surface area (TPSA) is 40.6 Å². The van der Waals surface area contributed by atoms with Gasteiger partial charge in [-0.15, -0.1) is 0 Å². The van der Waals surface area contributed by atoms with Gasteiger partial charge >= 0.3 is 0 Å². The predicted octanol–water partition coefficient (Wildman–Crippen LogP) is 2.74. The third kappa shape index (κ3) is 3.71. The summed E-state index contributed by atoms with van der Waals surface area (Å²) in [5.74, 6) is 1.04. The zero-order valence-corrected chi connectivity index (χ0v) is 13.6. The molecule has 1 atom stereocenters. The molecule has 3 rings (SSSR count). The fourth-order valence-electron chi connectivity index (χ4n) is 4.02. The normalized spacial score (nSPS) is 25.5. The van der Waals surface area contributed by atoms with Gasteiger partial charge < -0.3 is 9.80 Å². The Hall–Kier alpha value is -1.32. The van der Waals surface area contributed by atoms with Gasteiger partial charge in [0.15, 0.2) is 0 Å². The number of hydrogen-bond donors (Lipinski definition) is 0. The fraction of sp³-hybridized carbons (Fsp3) is 0.778. The first kappa shape index (κ1) is 15.6. The molecule has 0 bridgehead atoms. The molecule has 0 radical (unpaired) electrons. The van der Waals surface area contributed by atoms with Crippen LogP contribution in [0.3, 0.4) is 0 Å². The van der Waals surface area contributed by atoms with E-state index < -0.39 is 0 Å². The standard InChI is InChI=1S/C18H28N2O2/c21-17(19-11-4-1-5-12-19)8-9-18(22)20-13-10-15-6-2-3-7-16(15)14-20/h7,15H,1-6,8-14H2. The second-order valence-corrected chi connectivity index (χ2v) is 6.95. The van der Waals surface area contributed by atoms with Crippen molar-refractivity contribution in [1.29, 1.82) is 0 Å². The van der Waals surface area contributed by atoms with Crippen molar-refractivity contribution in [3.8, 4) is 0 Å². The Bertz CT molecular complexity index is 452. The molecule has 0 saturated carbocycles. The minimum Gasteiger partial charge on any atom is -0.343 e. The van der Waals surface area contributed by atoms with Crippen LogP contribution in [-0.2, 0) is 9.59 Å². The minimum atomic E-state index is 0.162. The molecule has 1 aliphatic carbocycles. The Morgan fingerprint density at radius 2 is 1.64 bits per heavy atom. The summed E-state index contributed by atoms with van der Waals surface area (Å²) in [5.41, 5.74) is 1.47. The Kier molecular flexibility index (Phi) is 5.16. The van der Waals surface area contributed by atoms with Gasteiger partial charge in [-0.2, -0.15) is 0 Å². The first-order chi connectivity index (χ1) is 10.7. The van der Waals surface area contributed by atoms with Crippen LogP contribution in [0.4, 0.5) is 0 Å². The SMILES string of the molecule is O=C(CCC(=O)N1CCC2CCCC=C2C1)N1CCCCC1. The number of nitrogens with zero attached hydrogens (tertiary/aromatic N) is 2. The Balaban J connectivity index is 1.45. The summed E-state index contributed by atoms with van der Waals surface area (Å²) in [5, 5.41) is 0. The Morgan fingerprint density at radius 1 is 0.909 bits per heavy atom. The molecule has 0 aromatic heterocycles. The van der Waals surface area contributed by atoms with Crippen LogP contribution in [0.2, 0.25) is 0 Å². The predicted molar refractivity (Wildman–Crippen MR) is 86.3 cm³/mol. The van der Waals surface area contributed by atoms with Gasteiger partial charge in [-0.1, -0.05) is 11.6 Å². The number of carbonyl (C=O) groups excluding carboxylic acids is 2. The maximum absolute atomic E-state index is 12.4. The van der Waals surface area contributed by atoms with E-state index in [0.29, 0.717) is 18.8 Å². The average Bonchev–Trinajstić information content (AvgIpc) is 2.59. The first-order valence-corrected chi connectivity index (χ1v) is 8.98. The first-order valence-electron chi connectivity index (χ1n) is 8.98. The molecule has 0 aromatic rings. The lowest BCUT2D eigenvalue weighted by atomic mass is 9.82. The second kappa shape index (κ2) is 7.30. The molecule has 2 heterocycles. The zero-order chi connectivity index (χ0) is 15.4. The van der Waals surface area contributed by atoms with Gasteiger partial charge in [0.05, 0.1) is 0 Å². The van der Waals surface area contributed by atoms with Crippen molar-refractivity contribution in [2.75, 3.05) is 26.2 Å². The van der Waals surface area contributed by atoms with Crippen LogP contribution in [0, 0.1) is 5.92 Å². The average molecular weight is 304 g/mol. The van der Waals surface area contributed by atoms with Crippen molar-refractivity contribution in [3.63, 3.8) is 0 Å². The molecule has 2 saturated heterocycles. The molecule has 4 heteroatoms. The Labute approximate surface area is 133 Å². The fourth-order valence-corrected chi connectivity index (χ4v) is 4.02. The smallest absolute Gasteiger partial charge is 0.223 e. The third-order valence-electron chi connectivity index (χ3n) is 5.42. The summed E-state index contributed by atoms with van der Waals surface area (Å²) >= 11 is 0. The molecule has 3 aliphatic rings. The van der Waals surface area contributed by atoms with Crippen molar-refractivity contribution in [2.24, 2.45) is 5.92 Å². The maximum Gasteiger partial charge on any atom is 0.223 e. The Morgan fingerprint density at radius 3 is 2.41 bits per heavy atom. The maximum atomic E-state index is 12.4. The van der Waals surface area contributed by atoms with Crippen LogP contribution >= 0.6 is 0 Å². The van der Waals surface area contributed by atoms with E-state index in [-0.39, 0.29) is 11.8 Å². The van der Waals surface area contributed by atoms with Gasteiger partial charge in [0.2, 0.25) is 11.8 Å². The zero-order valence-electron chi connectivity index (χ0n) is 13.6. The second-order valence-electron chi connectivity index (χ2n) is 6.95. The molecule has 2 amide bonds. The monoisotopic (exact) mass is 304 g/mol. The van der Waals surface area contributed by atoms with Gasteiger partial charge in [0.1, 0.15) is 0 Å². The highest BCUT2D eigenvalue weighted by Crippen LogP contribution is 2.32. The van der Waals surface area contributed by atoms with E-state index in [2.05, 4.69) is 6.08 Å². The van der Waals surface area contributed by atoms with Crippen LogP contribution < -0.4 is 0 Å². The largest absolute Gasteiger partial charge is 0.343 e. The molecule has 0 spiro atoms. The van der Waals surface area contributed by atoms with Gasteiger partial charge in [0.25, 0.3) is 0 Å². The molecular weight excluding hydrogens is 276 g/mol. The van der Waals surface area contributed by atoms with Crippen molar-refractivity contribution < 1.29 is 9.59 Å². The van der Waals surface area contributed by atoms with Gasteiger partial charge in [-0.3, -0.25) is 9.59 Å². The third-order valence-corrected chi connectivity index (χ3v) is 5.42. The molecule has 122 valence electrons. The number of hydrogen-bond acceptors (Lipinski definition) is 2. The number of allylic oxidation sites excluding steroid dienone is 1. The molecule has 1 unspecified atom stereocenters. The molecule has 4 nitrogen and oxygen atoms in total. The molecule has 0 aromatic carbocycles. The van der Waals surface area contributed by atoms with Gasteiger partial charge in [0, 0.05) is 39.0 Å². The summed E-state index contributed by atoms with van der Waals surface area (Å²) in [6.45, 7) is 3.44. The molecule has 22 heavy (non-hydrogen) atoms. The van der Waals surface area contributed by atoms with E-state index in [1.165, 1.54) is 31.3 Å². The lowest BCUT2D eigenvalue weighted by Crippen LogP contribution is -2.41. The van der Waals surface area contributed by atoms with Gasteiger partial charge in [-0.05, 0) is 50.9 Å². The lowest BCUT2D eigenvalue weighted by Gasteiger charge is -2.36. The quantitative estimate of drug-likeness (QED) is 0.752.